The van der Waals surface area contributed by atoms with Crippen molar-refractivity contribution < 1.29 is 32.4 Å². The van der Waals surface area contributed by atoms with Crippen LogP contribution < -0.4 is 14.8 Å². The fraction of sp³-hybridized carbons (Fsp3) is 0.235. The van der Waals surface area contributed by atoms with Crippen molar-refractivity contribution in [3.05, 3.63) is 57.6 Å². The van der Waals surface area contributed by atoms with Crippen molar-refractivity contribution in [1.82, 2.24) is 0 Å². The molecule has 27 heavy (non-hydrogen) atoms. The van der Waals surface area contributed by atoms with Crippen molar-refractivity contribution in [2.75, 3.05) is 26.1 Å². The maximum Gasteiger partial charge on any atom is 0.423 e. The molecule has 0 aliphatic carbocycles. The van der Waals surface area contributed by atoms with Crippen LogP contribution in [0, 0.1) is 10.1 Å². The van der Waals surface area contributed by atoms with Gasteiger partial charge in [-0.2, -0.15) is 13.2 Å². The van der Waals surface area contributed by atoms with Crippen molar-refractivity contribution in [3.8, 4) is 11.5 Å². The standard InChI is InChI=1S/C17H15F3N2O5/c1-26-15-6-3-10(7-16(15)27-2)14(23)9-21-11-4-5-13(22(24)25)12(8-11)17(18,19)20/h3-8,21H,9H2,1-2H3. The van der Waals surface area contributed by atoms with Gasteiger partial charge in [-0.05, 0) is 30.3 Å². The van der Waals surface area contributed by atoms with Crippen LogP contribution in [-0.2, 0) is 6.18 Å². The molecule has 0 atom stereocenters. The molecule has 0 aliphatic heterocycles. The SMILES string of the molecule is COc1ccc(C(=O)CNc2ccc([N+](=O)[O-])c(C(F)(F)F)c2)cc1OC. The van der Waals surface area contributed by atoms with Crippen LogP contribution in [0.4, 0.5) is 24.5 Å². The Balaban J connectivity index is 2.19. The molecule has 0 fully saturated rings. The van der Waals surface area contributed by atoms with Crippen LogP contribution in [-0.4, -0.2) is 31.5 Å². The minimum Gasteiger partial charge on any atom is -0.493 e. The van der Waals surface area contributed by atoms with Crippen LogP contribution in [0.3, 0.4) is 0 Å². The first-order chi connectivity index (χ1) is 12.7. The maximum absolute atomic E-state index is 13.0. The van der Waals surface area contributed by atoms with Gasteiger partial charge in [-0.3, -0.25) is 14.9 Å². The van der Waals surface area contributed by atoms with Crippen molar-refractivity contribution >= 4 is 17.2 Å². The summed E-state index contributed by atoms with van der Waals surface area (Å²) in [5.74, 6) is 0.341. The van der Waals surface area contributed by atoms with Crippen LogP contribution in [0.1, 0.15) is 15.9 Å². The Hall–Kier alpha value is -3.30. The number of rotatable bonds is 7. The molecule has 144 valence electrons. The molecule has 0 spiro atoms. The number of carbonyl (C=O) groups is 1. The number of carbonyl (C=O) groups excluding carboxylic acids is 1. The molecule has 0 aromatic heterocycles. The smallest absolute Gasteiger partial charge is 0.423 e. The average Bonchev–Trinajstić information content (AvgIpc) is 2.64. The number of nitro benzene ring substituents is 1. The van der Waals surface area contributed by atoms with Gasteiger partial charge in [0.2, 0.25) is 0 Å². The van der Waals surface area contributed by atoms with Gasteiger partial charge in [-0.15, -0.1) is 0 Å². The van der Waals surface area contributed by atoms with Gasteiger partial charge < -0.3 is 14.8 Å². The summed E-state index contributed by atoms with van der Waals surface area (Å²) in [6, 6.07) is 6.91. The van der Waals surface area contributed by atoms with Crippen LogP contribution in [0.2, 0.25) is 0 Å². The Labute approximate surface area is 151 Å². The van der Waals surface area contributed by atoms with Gasteiger partial charge in [0.15, 0.2) is 17.3 Å². The number of hydrogen-bond acceptors (Lipinski definition) is 6. The summed E-state index contributed by atoms with van der Waals surface area (Å²) in [7, 11) is 2.84. The first kappa shape index (κ1) is 20.0. The molecule has 2 aromatic carbocycles. The zero-order chi connectivity index (χ0) is 20.2. The molecule has 0 saturated carbocycles. The third-order valence-electron chi connectivity index (χ3n) is 3.66. The van der Waals surface area contributed by atoms with Crippen LogP contribution in [0.25, 0.3) is 0 Å². The van der Waals surface area contributed by atoms with E-state index in [-0.39, 0.29) is 17.8 Å². The molecule has 0 saturated heterocycles. The molecule has 0 amide bonds. The van der Waals surface area contributed by atoms with Crippen LogP contribution in [0.15, 0.2) is 36.4 Å². The summed E-state index contributed by atoms with van der Waals surface area (Å²) in [6.07, 6.45) is -4.90. The summed E-state index contributed by atoms with van der Waals surface area (Å²) in [5.41, 5.74) is -2.25. The van der Waals surface area contributed by atoms with Gasteiger partial charge in [-0.25, -0.2) is 0 Å². The zero-order valence-electron chi connectivity index (χ0n) is 14.3. The van der Waals surface area contributed by atoms with Crippen LogP contribution in [0.5, 0.6) is 11.5 Å². The second kappa shape index (κ2) is 7.94. The van der Waals surface area contributed by atoms with Gasteiger partial charge in [0.25, 0.3) is 5.69 Å². The maximum atomic E-state index is 13.0. The second-order valence-corrected chi connectivity index (χ2v) is 5.33. The van der Waals surface area contributed by atoms with Gasteiger partial charge in [-0.1, -0.05) is 0 Å². The first-order valence-electron chi connectivity index (χ1n) is 7.52. The number of nitro groups is 1. The number of benzene rings is 2. The highest BCUT2D eigenvalue weighted by Gasteiger charge is 2.38. The second-order valence-electron chi connectivity index (χ2n) is 5.33. The first-order valence-corrected chi connectivity index (χ1v) is 7.52. The van der Waals surface area contributed by atoms with E-state index in [1.807, 2.05) is 0 Å². The quantitative estimate of drug-likeness (QED) is 0.442. The summed E-state index contributed by atoms with van der Waals surface area (Å²) < 4.78 is 49.1. The summed E-state index contributed by atoms with van der Waals surface area (Å²) in [4.78, 5) is 21.9. The molecule has 0 heterocycles. The zero-order valence-corrected chi connectivity index (χ0v) is 14.3. The van der Waals surface area contributed by atoms with Crippen LogP contribution >= 0.6 is 0 Å². The number of methoxy groups -OCH3 is 2. The van der Waals surface area contributed by atoms with Crippen molar-refractivity contribution in [3.63, 3.8) is 0 Å². The Bertz CT molecular complexity index is 868. The molecule has 0 aliphatic rings. The molecule has 10 heteroatoms. The number of hydrogen-bond donors (Lipinski definition) is 1. The highest BCUT2D eigenvalue weighted by molar-refractivity contribution is 5.99. The van der Waals surface area contributed by atoms with Gasteiger partial charge in [0.1, 0.15) is 5.56 Å². The molecule has 0 radical (unpaired) electrons. The molecule has 0 bridgehead atoms. The number of anilines is 1. The highest BCUT2D eigenvalue weighted by atomic mass is 19.4. The minimum absolute atomic E-state index is 0.0678. The molecular formula is C17H15F3N2O5. The fourth-order valence-electron chi connectivity index (χ4n) is 2.33. The van der Waals surface area contributed by atoms with E-state index in [2.05, 4.69) is 5.32 Å². The lowest BCUT2D eigenvalue weighted by molar-refractivity contribution is -0.388. The van der Waals surface area contributed by atoms with Crippen molar-refractivity contribution in [2.24, 2.45) is 0 Å². The van der Waals surface area contributed by atoms with E-state index in [1.165, 1.54) is 32.4 Å². The number of ketones is 1. The van der Waals surface area contributed by atoms with E-state index < -0.39 is 28.1 Å². The fourth-order valence-corrected chi connectivity index (χ4v) is 2.33. The Morgan fingerprint density at radius 1 is 1.11 bits per heavy atom. The molecule has 2 rings (SSSR count). The highest BCUT2D eigenvalue weighted by Crippen LogP contribution is 2.37. The van der Waals surface area contributed by atoms with Gasteiger partial charge in [0, 0.05) is 17.3 Å². The number of alkyl halides is 3. The van der Waals surface area contributed by atoms with E-state index in [9.17, 15) is 28.1 Å². The number of Topliss-reactive ketones (excluding diaryl/α,β-unsaturated/α-hetero) is 1. The normalized spacial score (nSPS) is 11.0. The summed E-state index contributed by atoms with van der Waals surface area (Å²) >= 11 is 0. The lowest BCUT2D eigenvalue weighted by Gasteiger charge is -2.12. The number of nitrogens with zero attached hydrogens (tertiary/aromatic N) is 1. The van der Waals surface area contributed by atoms with Crippen molar-refractivity contribution in [2.45, 2.75) is 6.18 Å². The van der Waals surface area contributed by atoms with E-state index in [4.69, 9.17) is 9.47 Å². The lowest BCUT2D eigenvalue weighted by atomic mass is 10.1. The number of ether oxygens (including phenoxy) is 2. The molecule has 7 nitrogen and oxygen atoms in total. The summed E-state index contributed by atoms with van der Waals surface area (Å²) in [5, 5.41) is 13.3. The Morgan fingerprint density at radius 3 is 2.33 bits per heavy atom. The monoisotopic (exact) mass is 384 g/mol. The van der Waals surface area contributed by atoms with Gasteiger partial charge in [0.05, 0.1) is 25.7 Å². The molecule has 0 unspecified atom stereocenters. The largest absolute Gasteiger partial charge is 0.493 e. The molecular weight excluding hydrogens is 369 g/mol. The average molecular weight is 384 g/mol. The minimum atomic E-state index is -4.90. The molecule has 1 N–H and O–H groups in total. The van der Waals surface area contributed by atoms with E-state index in [1.54, 1.807) is 0 Å². The van der Waals surface area contributed by atoms with Gasteiger partial charge >= 0.3 is 6.18 Å². The lowest BCUT2D eigenvalue weighted by Crippen LogP contribution is -2.15. The Kier molecular flexibility index (Phi) is 5.88. The predicted octanol–water partition coefficient (Wildman–Crippen LogP) is 3.93. The van der Waals surface area contributed by atoms with E-state index in [0.29, 0.717) is 17.6 Å². The summed E-state index contributed by atoms with van der Waals surface area (Å²) in [6.45, 7) is -0.315. The predicted molar refractivity (Wildman–Crippen MR) is 90.5 cm³/mol. The number of nitrogens with one attached hydrogen (secondary N) is 1. The topological polar surface area (TPSA) is 90.7 Å². The van der Waals surface area contributed by atoms with E-state index >= 15 is 0 Å². The number of halogens is 3. The van der Waals surface area contributed by atoms with Crippen molar-refractivity contribution in [1.29, 1.82) is 0 Å². The third kappa shape index (κ3) is 4.66. The Morgan fingerprint density at radius 2 is 1.78 bits per heavy atom. The molecule has 2 aromatic rings. The van der Waals surface area contributed by atoms with E-state index in [0.717, 1.165) is 12.1 Å². The third-order valence-corrected chi connectivity index (χ3v) is 3.66.